The van der Waals surface area contributed by atoms with Crippen LogP contribution in [-0.4, -0.2) is 11.3 Å². The van der Waals surface area contributed by atoms with E-state index >= 15 is 0 Å². The lowest BCUT2D eigenvalue weighted by Crippen LogP contribution is -2.23. The maximum atomic E-state index is 11.6. The SMILES string of the molecule is CCCCCCCCCCCCCCC(Oc1ccc(Cl)cc1)C(=O)Cl. The molecule has 0 aliphatic rings. The Balaban J connectivity index is 2.03. The zero-order chi connectivity index (χ0) is 19.0. The van der Waals surface area contributed by atoms with Crippen LogP contribution in [0.25, 0.3) is 0 Å². The summed E-state index contributed by atoms with van der Waals surface area (Å²) in [7, 11) is 0. The minimum absolute atomic E-state index is 0.428. The monoisotopic (exact) mass is 400 g/mol. The predicted molar refractivity (Wildman–Crippen MR) is 112 cm³/mol. The van der Waals surface area contributed by atoms with Crippen LogP contribution in [0.1, 0.15) is 90.4 Å². The molecule has 0 spiro atoms. The van der Waals surface area contributed by atoms with Crippen LogP contribution in [0.15, 0.2) is 24.3 Å². The molecule has 0 heterocycles. The van der Waals surface area contributed by atoms with Gasteiger partial charge in [0.2, 0.25) is 0 Å². The summed E-state index contributed by atoms with van der Waals surface area (Å²) in [5, 5.41) is 0.218. The van der Waals surface area contributed by atoms with Crippen molar-refractivity contribution in [2.75, 3.05) is 0 Å². The van der Waals surface area contributed by atoms with Gasteiger partial charge in [-0.25, -0.2) is 0 Å². The van der Waals surface area contributed by atoms with Gasteiger partial charge < -0.3 is 4.74 Å². The van der Waals surface area contributed by atoms with Gasteiger partial charge in [0.1, 0.15) is 5.75 Å². The quantitative estimate of drug-likeness (QED) is 0.208. The lowest BCUT2D eigenvalue weighted by molar-refractivity contribution is -0.118. The van der Waals surface area contributed by atoms with Crippen LogP contribution in [0.3, 0.4) is 0 Å². The number of carbonyl (C=O) groups excluding carboxylic acids is 1. The van der Waals surface area contributed by atoms with Gasteiger partial charge in [-0.15, -0.1) is 0 Å². The molecule has 148 valence electrons. The number of rotatable bonds is 16. The molecular formula is C22H34Cl2O2. The molecule has 0 N–H and O–H groups in total. The lowest BCUT2D eigenvalue weighted by atomic mass is 10.0. The van der Waals surface area contributed by atoms with Crippen LogP contribution in [0.2, 0.25) is 5.02 Å². The number of hydrogen-bond acceptors (Lipinski definition) is 2. The average molecular weight is 401 g/mol. The average Bonchev–Trinajstić information content (AvgIpc) is 2.63. The summed E-state index contributed by atoms with van der Waals surface area (Å²) in [6.07, 6.45) is 15.6. The van der Waals surface area contributed by atoms with E-state index in [-0.39, 0.29) is 0 Å². The van der Waals surface area contributed by atoms with Crippen LogP contribution in [0, 0.1) is 0 Å². The Morgan fingerprint density at radius 2 is 1.31 bits per heavy atom. The molecule has 1 unspecified atom stereocenters. The van der Waals surface area contributed by atoms with E-state index in [9.17, 15) is 4.79 Å². The van der Waals surface area contributed by atoms with E-state index in [1.54, 1.807) is 24.3 Å². The second kappa shape index (κ2) is 15.3. The van der Waals surface area contributed by atoms with Crippen LogP contribution in [0.5, 0.6) is 5.75 Å². The van der Waals surface area contributed by atoms with Crippen molar-refractivity contribution in [2.45, 2.75) is 96.5 Å². The molecule has 0 aliphatic carbocycles. The first-order valence-electron chi connectivity index (χ1n) is 10.2. The maximum absolute atomic E-state index is 11.6. The fraction of sp³-hybridized carbons (Fsp3) is 0.682. The van der Waals surface area contributed by atoms with Crippen molar-refractivity contribution in [1.82, 2.24) is 0 Å². The molecule has 1 atom stereocenters. The van der Waals surface area contributed by atoms with Crippen LogP contribution in [-0.2, 0) is 4.79 Å². The summed E-state index contributed by atoms with van der Waals surface area (Å²) >= 11 is 11.5. The minimum atomic E-state index is -0.569. The Kier molecular flexibility index (Phi) is 13.8. The first-order valence-corrected chi connectivity index (χ1v) is 11.0. The van der Waals surface area contributed by atoms with Crippen molar-refractivity contribution < 1.29 is 9.53 Å². The standard InChI is InChI=1S/C22H34Cl2O2/c1-2-3-4-5-6-7-8-9-10-11-12-13-14-21(22(24)25)26-20-17-15-19(23)16-18-20/h15-18,21H,2-14H2,1H3. The summed E-state index contributed by atoms with van der Waals surface area (Å²) < 4.78 is 5.69. The van der Waals surface area contributed by atoms with E-state index in [1.165, 1.54) is 64.2 Å². The number of halogens is 2. The Morgan fingerprint density at radius 1 is 0.846 bits per heavy atom. The second-order valence-corrected chi connectivity index (χ2v) is 7.85. The van der Waals surface area contributed by atoms with Gasteiger partial charge in [0.15, 0.2) is 6.10 Å². The van der Waals surface area contributed by atoms with E-state index < -0.39 is 11.3 Å². The third-order valence-electron chi connectivity index (χ3n) is 4.66. The van der Waals surface area contributed by atoms with E-state index in [0.29, 0.717) is 17.2 Å². The van der Waals surface area contributed by atoms with E-state index in [1.807, 2.05) is 0 Å². The zero-order valence-electron chi connectivity index (χ0n) is 16.2. The molecule has 0 amide bonds. The molecule has 0 fully saturated rings. The van der Waals surface area contributed by atoms with Crippen LogP contribution >= 0.6 is 23.2 Å². The summed E-state index contributed by atoms with van der Waals surface area (Å²) in [5.74, 6) is 0.632. The third kappa shape index (κ3) is 11.8. The maximum Gasteiger partial charge on any atom is 0.262 e. The van der Waals surface area contributed by atoms with Crippen LogP contribution in [0.4, 0.5) is 0 Å². The third-order valence-corrected chi connectivity index (χ3v) is 5.16. The summed E-state index contributed by atoms with van der Waals surface area (Å²) in [6.45, 7) is 2.26. The molecule has 26 heavy (non-hydrogen) atoms. The topological polar surface area (TPSA) is 26.3 Å². The molecular weight excluding hydrogens is 367 g/mol. The number of benzene rings is 1. The largest absolute Gasteiger partial charge is 0.481 e. The molecule has 0 bridgehead atoms. The second-order valence-electron chi connectivity index (χ2n) is 7.04. The highest BCUT2D eigenvalue weighted by Crippen LogP contribution is 2.20. The molecule has 0 radical (unpaired) electrons. The normalized spacial score (nSPS) is 12.1. The van der Waals surface area contributed by atoms with E-state index in [4.69, 9.17) is 27.9 Å². The number of hydrogen-bond donors (Lipinski definition) is 0. The Hall–Kier alpha value is -0.730. The zero-order valence-corrected chi connectivity index (χ0v) is 17.7. The Morgan fingerprint density at radius 3 is 1.77 bits per heavy atom. The molecule has 0 aromatic heterocycles. The summed E-state index contributed by atoms with van der Waals surface area (Å²) in [4.78, 5) is 11.6. The number of ether oxygens (including phenoxy) is 1. The Bertz CT molecular complexity index is 474. The molecule has 4 heteroatoms. The van der Waals surface area contributed by atoms with Crippen LogP contribution < -0.4 is 4.74 Å². The van der Waals surface area contributed by atoms with Gasteiger partial charge in [-0.3, -0.25) is 4.79 Å². The van der Waals surface area contributed by atoms with Gasteiger partial charge in [-0.05, 0) is 48.7 Å². The smallest absolute Gasteiger partial charge is 0.262 e. The van der Waals surface area contributed by atoms with Gasteiger partial charge in [-0.2, -0.15) is 0 Å². The van der Waals surface area contributed by atoms with Gasteiger partial charge in [0.05, 0.1) is 0 Å². The lowest BCUT2D eigenvalue weighted by Gasteiger charge is -2.15. The van der Waals surface area contributed by atoms with Gasteiger partial charge in [0.25, 0.3) is 5.24 Å². The number of carbonyl (C=O) groups is 1. The molecule has 1 aromatic rings. The van der Waals surface area contributed by atoms with Crippen molar-refractivity contribution in [3.63, 3.8) is 0 Å². The van der Waals surface area contributed by atoms with Crippen molar-refractivity contribution in [3.8, 4) is 5.75 Å². The highest BCUT2D eigenvalue weighted by molar-refractivity contribution is 6.64. The first kappa shape index (κ1) is 23.3. The fourth-order valence-corrected chi connectivity index (χ4v) is 3.35. The molecule has 1 rings (SSSR count). The minimum Gasteiger partial charge on any atom is -0.481 e. The van der Waals surface area contributed by atoms with Gasteiger partial charge in [-0.1, -0.05) is 89.2 Å². The van der Waals surface area contributed by atoms with E-state index in [0.717, 1.165) is 12.8 Å². The van der Waals surface area contributed by atoms with Crippen molar-refractivity contribution in [3.05, 3.63) is 29.3 Å². The predicted octanol–water partition coefficient (Wildman–Crippen LogP) is 7.94. The molecule has 0 aliphatic heterocycles. The molecule has 1 aromatic carbocycles. The fourth-order valence-electron chi connectivity index (χ4n) is 3.07. The highest BCUT2D eigenvalue weighted by Gasteiger charge is 2.17. The molecule has 2 nitrogen and oxygen atoms in total. The summed E-state index contributed by atoms with van der Waals surface area (Å²) in [6, 6.07) is 7.02. The molecule has 0 saturated carbocycles. The van der Waals surface area contributed by atoms with Crippen molar-refractivity contribution >= 4 is 28.4 Å². The molecule has 0 saturated heterocycles. The number of unbranched alkanes of at least 4 members (excludes halogenated alkanes) is 11. The van der Waals surface area contributed by atoms with Crippen molar-refractivity contribution in [1.29, 1.82) is 0 Å². The van der Waals surface area contributed by atoms with Crippen molar-refractivity contribution in [2.24, 2.45) is 0 Å². The van der Waals surface area contributed by atoms with E-state index in [2.05, 4.69) is 6.92 Å². The first-order chi connectivity index (χ1) is 12.6. The Labute approximate surface area is 169 Å². The van der Waals surface area contributed by atoms with Gasteiger partial charge >= 0.3 is 0 Å². The van der Waals surface area contributed by atoms with Gasteiger partial charge in [0, 0.05) is 5.02 Å². The highest BCUT2D eigenvalue weighted by atomic mass is 35.5. The summed E-state index contributed by atoms with van der Waals surface area (Å²) in [5.41, 5.74) is 0.